The molecule has 3 heterocycles. The molecule has 2 fully saturated rings. The van der Waals surface area contributed by atoms with Crippen LogP contribution in [0.1, 0.15) is 68.9 Å². The van der Waals surface area contributed by atoms with Gasteiger partial charge in [0.05, 0.1) is 44.4 Å². The molecule has 0 radical (unpaired) electrons. The van der Waals surface area contributed by atoms with E-state index in [9.17, 15) is 27.1 Å². The molecule has 13 heteroatoms. The first kappa shape index (κ1) is 36.6. The van der Waals surface area contributed by atoms with Gasteiger partial charge in [0.25, 0.3) is 0 Å². The van der Waals surface area contributed by atoms with E-state index < -0.39 is 52.0 Å². The molecule has 48 heavy (non-hydrogen) atoms. The Balaban J connectivity index is 1.40. The number of hydrogen-bond acceptors (Lipinski definition) is 9. The van der Waals surface area contributed by atoms with Crippen LogP contribution >= 0.6 is 0 Å². The molecular weight excluding hydrogens is 648 g/mol. The molecule has 1 N–H and O–H groups in total. The van der Waals surface area contributed by atoms with Crippen LogP contribution < -0.4 is 4.74 Å². The van der Waals surface area contributed by atoms with E-state index in [4.69, 9.17) is 23.7 Å². The Morgan fingerprint density at radius 3 is 2.44 bits per heavy atom. The summed E-state index contributed by atoms with van der Waals surface area (Å²) in [5.74, 6) is -2.69. The fourth-order valence-electron chi connectivity index (χ4n) is 6.82. The normalized spacial score (nSPS) is 25.2. The van der Waals surface area contributed by atoms with Gasteiger partial charge in [0, 0.05) is 49.6 Å². The number of nitrogens with zero attached hydrogens (tertiary/aromatic N) is 1. The van der Waals surface area contributed by atoms with Crippen molar-refractivity contribution in [3.63, 3.8) is 0 Å². The summed E-state index contributed by atoms with van der Waals surface area (Å²) in [5.41, 5.74) is 0.671. The number of halogens is 2. The van der Waals surface area contributed by atoms with Crippen LogP contribution in [-0.4, -0.2) is 82.3 Å². The highest BCUT2D eigenvalue weighted by molar-refractivity contribution is 7.89. The SMILES string of the molecule is COc1ccc2c(c1)COCCCCCCCCN(C[C@@H](O)[C@@H](CC(=O)O[C@H]1CCO[C@H]3OCC[C@H]31)Cc1cc(F)cc(F)c1)S2(=O)=O. The van der Waals surface area contributed by atoms with Gasteiger partial charge in [-0.3, -0.25) is 4.79 Å². The van der Waals surface area contributed by atoms with Crippen molar-refractivity contribution in [3.8, 4) is 5.75 Å². The lowest BCUT2D eigenvalue weighted by atomic mass is 9.90. The molecule has 2 aromatic carbocycles. The number of aliphatic hydroxyl groups is 1. The summed E-state index contributed by atoms with van der Waals surface area (Å²) < 4.78 is 86.5. The number of fused-ring (bicyclic) bond motifs is 2. The average Bonchev–Trinajstić information content (AvgIpc) is 3.54. The van der Waals surface area contributed by atoms with Crippen molar-refractivity contribution >= 4 is 16.0 Å². The van der Waals surface area contributed by atoms with Crippen molar-refractivity contribution in [3.05, 3.63) is 59.2 Å². The van der Waals surface area contributed by atoms with Gasteiger partial charge in [-0.25, -0.2) is 17.2 Å². The predicted octanol–water partition coefficient (Wildman–Crippen LogP) is 5.14. The summed E-state index contributed by atoms with van der Waals surface area (Å²) in [6.45, 7) is 1.25. The zero-order valence-electron chi connectivity index (χ0n) is 27.5. The minimum atomic E-state index is -4.16. The van der Waals surface area contributed by atoms with E-state index in [-0.39, 0.29) is 48.9 Å². The summed E-state index contributed by atoms with van der Waals surface area (Å²) >= 11 is 0. The molecule has 0 unspecified atom stereocenters. The van der Waals surface area contributed by atoms with Crippen LogP contribution in [0.25, 0.3) is 0 Å². The summed E-state index contributed by atoms with van der Waals surface area (Å²) in [6, 6.07) is 7.74. The molecule has 2 saturated heterocycles. The average molecular weight is 696 g/mol. The Morgan fingerprint density at radius 1 is 0.979 bits per heavy atom. The van der Waals surface area contributed by atoms with Crippen LogP contribution in [0.2, 0.25) is 0 Å². The molecule has 0 aliphatic carbocycles. The molecular formula is C35H47F2NO9S. The zero-order chi connectivity index (χ0) is 34.1. The van der Waals surface area contributed by atoms with Crippen LogP contribution in [0.5, 0.6) is 5.75 Å². The van der Waals surface area contributed by atoms with Gasteiger partial charge in [0.2, 0.25) is 10.0 Å². The Hall–Kier alpha value is -2.68. The van der Waals surface area contributed by atoms with Gasteiger partial charge in [-0.1, -0.05) is 25.7 Å². The van der Waals surface area contributed by atoms with Crippen molar-refractivity contribution in [2.24, 2.45) is 11.8 Å². The number of benzene rings is 2. The summed E-state index contributed by atoms with van der Waals surface area (Å²) in [4.78, 5) is 13.4. The second-order valence-corrected chi connectivity index (χ2v) is 14.8. The number of rotatable bonds is 9. The van der Waals surface area contributed by atoms with Gasteiger partial charge in [-0.2, -0.15) is 4.31 Å². The number of ether oxygens (including phenoxy) is 5. The molecule has 3 aliphatic rings. The van der Waals surface area contributed by atoms with Crippen LogP contribution in [0.4, 0.5) is 8.78 Å². The van der Waals surface area contributed by atoms with Gasteiger partial charge in [0.1, 0.15) is 23.5 Å². The Labute approximate surface area is 281 Å². The van der Waals surface area contributed by atoms with Gasteiger partial charge in [0.15, 0.2) is 6.29 Å². The lowest BCUT2D eigenvalue weighted by Crippen LogP contribution is -2.43. The summed E-state index contributed by atoms with van der Waals surface area (Å²) in [6.07, 6.45) is 3.78. The highest BCUT2D eigenvalue weighted by Crippen LogP contribution is 2.34. The van der Waals surface area contributed by atoms with E-state index in [0.717, 1.165) is 50.3 Å². The fourth-order valence-corrected chi connectivity index (χ4v) is 8.50. The third-order valence-electron chi connectivity index (χ3n) is 9.40. The minimum absolute atomic E-state index is 0.0450. The fraction of sp³-hybridized carbons (Fsp3) is 0.629. The number of methoxy groups -OCH3 is 1. The number of β-amino-alcohol motifs (C(OH)–C–C–N with tert-alkyl or cyclic N) is 1. The van der Waals surface area contributed by atoms with Crippen LogP contribution in [0, 0.1) is 23.5 Å². The second-order valence-electron chi connectivity index (χ2n) is 12.9. The van der Waals surface area contributed by atoms with Crippen molar-refractivity contribution < 1.29 is 50.8 Å². The molecule has 0 bridgehead atoms. The molecule has 5 rings (SSSR count). The standard InChI is InChI=1S/C35H47F2NO9S/c1-43-29-8-9-33-26(19-29)23-44-13-7-5-3-2-4-6-12-38(48(33,41)42)22-31(39)25(16-24-17-27(36)21-28(37)18-24)20-34(40)47-32-11-15-46-35-30(32)10-14-45-35/h8-9,17-19,21,25,30-32,35,39H,2-7,10-16,20,22-23H2,1H3/t25-,30+,31-,32+,35-/m1/s1. The minimum Gasteiger partial charge on any atom is -0.497 e. The lowest BCUT2D eigenvalue weighted by molar-refractivity contribution is -0.195. The van der Waals surface area contributed by atoms with Crippen LogP contribution in [0.15, 0.2) is 41.3 Å². The number of hydrogen-bond donors (Lipinski definition) is 1. The summed E-state index contributed by atoms with van der Waals surface area (Å²) in [7, 11) is -2.66. The van der Waals surface area contributed by atoms with Crippen LogP contribution in [-0.2, 0) is 46.8 Å². The van der Waals surface area contributed by atoms with E-state index in [0.29, 0.717) is 50.4 Å². The van der Waals surface area contributed by atoms with Crippen molar-refractivity contribution in [2.45, 2.75) is 94.2 Å². The van der Waals surface area contributed by atoms with Crippen molar-refractivity contribution in [1.82, 2.24) is 4.31 Å². The maximum atomic E-state index is 14.3. The molecule has 0 aromatic heterocycles. The van der Waals surface area contributed by atoms with E-state index in [1.807, 2.05) is 0 Å². The number of sulfonamides is 1. The Morgan fingerprint density at radius 2 is 1.69 bits per heavy atom. The van der Waals surface area contributed by atoms with Crippen LogP contribution in [0.3, 0.4) is 0 Å². The highest BCUT2D eigenvalue weighted by Gasteiger charge is 2.41. The van der Waals surface area contributed by atoms with Crippen molar-refractivity contribution in [1.29, 1.82) is 0 Å². The topological polar surface area (TPSA) is 121 Å². The molecule has 0 saturated carbocycles. The van der Waals surface area contributed by atoms with Gasteiger partial charge in [-0.15, -0.1) is 0 Å². The Bertz CT molecular complexity index is 1460. The first-order valence-electron chi connectivity index (χ1n) is 16.9. The quantitative estimate of drug-likeness (QED) is 0.356. The molecule has 3 aliphatic heterocycles. The first-order chi connectivity index (χ1) is 23.1. The number of esters is 1. The molecule has 2 aromatic rings. The lowest BCUT2D eigenvalue weighted by Gasteiger charge is -2.33. The molecule has 266 valence electrons. The maximum Gasteiger partial charge on any atom is 0.306 e. The zero-order valence-corrected chi connectivity index (χ0v) is 28.3. The predicted molar refractivity (Wildman–Crippen MR) is 172 cm³/mol. The molecule has 10 nitrogen and oxygen atoms in total. The maximum absolute atomic E-state index is 14.3. The van der Waals surface area contributed by atoms with Gasteiger partial charge < -0.3 is 28.8 Å². The largest absolute Gasteiger partial charge is 0.497 e. The van der Waals surface area contributed by atoms with E-state index in [1.54, 1.807) is 12.1 Å². The number of carbonyl (C=O) groups is 1. The van der Waals surface area contributed by atoms with E-state index in [2.05, 4.69) is 0 Å². The Kier molecular flexibility index (Phi) is 13.2. The monoisotopic (exact) mass is 695 g/mol. The highest BCUT2D eigenvalue weighted by atomic mass is 32.2. The van der Waals surface area contributed by atoms with E-state index >= 15 is 0 Å². The summed E-state index contributed by atoms with van der Waals surface area (Å²) in [5, 5.41) is 11.7. The third-order valence-corrected chi connectivity index (χ3v) is 11.4. The van der Waals surface area contributed by atoms with Gasteiger partial charge >= 0.3 is 5.97 Å². The third kappa shape index (κ3) is 9.72. The molecule has 0 spiro atoms. The molecule has 5 atom stereocenters. The first-order valence-corrected chi connectivity index (χ1v) is 18.4. The number of carbonyl (C=O) groups excluding carboxylic acids is 1. The smallest absolute Gasteiger partial charge is 0.306 e. The molecule has 0 amide bonds. The van der Waals surface area contributed by atoms with Crippen molar-refractivity contribution in [2.75, 3.05) is 40.0 Å². The number of aliphatic hydroxyl groups excluding tert-OH is 1. The van der Waals surface area contributed by atoms with Gasteiger partial charge in [-0.05, 0) is 61.6 Å². The second kappa shape index (κ2) is 17.3. The van der Waals surface area contributed by atoms with E-state index in [1.165, 1.54) is 17.5 Å².